The van der Waals surface area contributed by atoms with Gasteiger partial charge in [0, 0.05) is 6.42 Å². The van der Waals surface area contributed by atoms with Crippen LogP contribution in [-0.4, -0.2) is 5.11 Å². The summed E-state index contributed by atoms with van der Waals surface area (Å²) in [7, 11) is 14.9. The molecule has 0 radical (unpaired) electrons. The molecule has 0 amide bonds. The summed E-state index contributed by atoms with van der Waals surface area (Å²) in [6, 6.07) is 0. The SMILES string of the molecule is OC1=CCCCC1.[Cl][Ti]([Cl])[Cl]. The Bertz CT molecular complexity index is 124. The normalized spacial score (nSPS) is 16.1. The summed E-state index contributed by atoms with van der Waals surface area (Å²) in [6.07, 6.45) is 6.31. The molecule has 0 aromatic heterocycles. The van der Waals surface area contributed by atoms with Crippen molar-refractivity contribution in [3.05, 3.63) is 11.8 Å². The Kier molecular flexibility index (Phi) is 8.55. The molecule has 0 unspecified atom stereocenters. The second-order valence-corrected chi connectivity index (χ2v) is 9.89. The van der Waals surface area contributed by atoms with Crippen molar-refractivity contribution in [2.24, 2.45) is 0 Å². The van der Waals surface area contributed by atoms with Gasteiger partial charge in [-0.05, 0) is 25.3 Å². The van der Waals surface area contributed by atoms with Gasteiger partial charge < -0.3 is 5.11 Å². The molecule has 1 nitrogen and oxygen atoms in total. The van der Waals surface area contributed by atoms with Crippen molar-refractivity contribution in [1.82, 2.24) is 0 Å². The van der Waals surface area contributed by atoms with Gasteiger partial charge in [0.05, 0.1) is 5.76 Å². The molecule has 0 bridgehead atoms. The van der Waals surface area contributed by atoms with Crippen molar-refractivity contribution in [2.75, 3.05) is 0 Å². The Labute approximate surface area is 84.8 Å². The molecule has 1 aliphatic carbocycles. The fourth-order valence-electron chi connectivity index (χ4n) is 0.821. The Morgan fingerprint density at radius 3 is 2.00 bits per heavy atom. The average Bonchev–Trinajstić information content (AvgIpc) is 1.87. The van der Waals surface area contributed by atoms with Crippen LogP contribution < -0.4 is 0 Å². The van der Waals surface area contributed by atoms with Crippen molar-refractivity contribution < 1.29 is 19.8 Å². The molecule has 0 atom stereocenters. The van der Waals surface area contributed by atoms with Gasteiger partial charge in [0.25, 0.3) is 0 Å². The molecular weight excluding hydrogens is 242 g/mol. The molecule has 0 aromatic rings. The van der Waals surface area contributed by atoms with Gasteiger partial charge in [-0.3, -0.25) is 0 Å². The van der Waals surface area contributed by atoms with Crippen molar-refractivity contribution in [2.45, 2.75) is 25.7 Å². The van der Waals surface area contributed by atoms with E-state index in [2.05, 4.69) is 0 Å². The van der Waals surface area contributed by atoms with Gasteiger partial charge >= 0.3 is 42.6 Å². The molecule has 1 rings (SSSR count). The molecule has 11 heavy (non-hydrogen) atoms. The van der Waals surface area contributed by atoms with Crippen LogP contribution in [0.3, 0.4) is 0 Å². The van der Waals surface area contributed by atoms with Crippen molar-refractivity contribution in [3.63, 3.8) is 0 Å². The molecule has 0 fully saturated rings. The maximum atomic E-state index is 8.77. The summed E-state index contributed by atoms with van der Waals surface area (Å²) in [5.41, 5.74) is 0. The molecule has 0 saturated heterocycles. The van der Waals surface area contributed by atoms with Gasteiger partial charge in [-0.15, -0.1) is 0 Å². The van der Waals surface area contributed by atoms with Crippen LogP contribution in [0.15, 0.2) is 11.8 Å². The maximum absolute atomic E-state index is 8.77. The zero-order chi connectivity index (χ0) is 8.69. The van der Waals surface area contributed by atoms with E-state index in [0.29, 0.717) is 5.76 Å². The standard InChI is InChI=1S/C6H10O.3ClH.Ti/c7-6-4-2-1-3-5-6;;;;/h4,7H,1-3,5H2;3*1H;/q;;;;+3/p-3. The number of hydrogen-bond donors (Lipinski definition) is 1. The first-order valence-corrected chi connectivity index (χ1v) is 9.79. The summed E-state index contributed by atoms with van der Waals surface area (Å²) < 4.78 is 0. The summed E-state index contributed by atoms with van der Waals surface area (Å²) in [5.74, 6) is 0.589. The van der Waals surface area contributed by atoms with Crippen LogP contribution >= 0.6 is 27.9 Å². The van der Waals surface area contributed by atoms with E-state index in [0.717, 1.165) is 12.8 Å². The zero-order valence-corrected chi connectivity index (χ0v) is 9.82. The average molecular weight is 252 g/mol. The second kappa shape index (κ2) is 7.76. The number of hydrogen-bond acceptors (Lipinski definition) is 1. The van der Waals surface area contributed by atoms with Gasteiger partial charge in [-0.25, -0.2) is 0 Å². The topological polar surface area (TPSA) is 20.2 Å². The van der Waals surface area contributed by atoms with Crippen LogP contribution in [0.25, 0.3) is 0 Å². The Morgan fingerprint density at radius 1 is 1.27 bits per heavy atom. The van der Waals surface area contributed by atoms with E-state index in [1.165, 1.54) is 12.8 Å². The molecule has 1 aliphatic rings. The number of rotatable bonds is 0. The molecule has 0 aliphatic heterocycles. The Morgan fingerprint density at radius 2 is 1.82 bits per heavy atom. The van der Waals surface area contributed by atoms with Gasteiger partial charge in [0.15, 0.2) is 0 Å². The van der Waals surface area contributed by atoms with E-state index in [1.807, 2.05) is 6.08 Å². The molecule has 0 aromatic carbocycles. The molecule has 1 N–H and O–H groups in total. The van der Waals surface area contributed by atoms with E-state index >= 15 is 0 Å². The zero-order valence-electron chi connectivity index (χ0n) is 5.99. The van der Waals surface area contributed by atoms with Crippen LogP contribution in [0.5, 0.6) is 0 Å². The van der Waals surface area contributed by atoms with Crippen LogP contribution in [-0.2, 0) is 14.7 Å². The predicted octanol–water partition coefficient (Wildman–Crippen LogP) is 4.07. The summed E-state index contributed by atoms with van der Waals surface area (Å²) in [4.78, 5) is 0. The number of halogens is 3. The van der Waals surface area contributed by atoms with Crippen LogP contribution in [0, 0.1) is 0 Å². The van der Waals surface area contributed by atoms with E-state index in [1.54, 1.807) is 0 Å². The Balaban J connectivity index is 0.000000218. The first kappa shape index (κ1) is 12.1. The van der Waals surface area contributed by atoms with E-state index < -0.39 is 14.7 Å². The third-order valence-electron chi connectivity index (χ3n) is 1.27. The fourth-order valence-corrected chi connectivity index (χ4v) is 0.821. The monoisotopic (exact) mass is 251 g/mol. The van der Waals surface area contributed by atoms with Crippen molar-refractivity contribution >= 4 is 27.9 Å². The number of aliphatic hydroxyl groups excluding tert-OH is 1. The van der Waals surface area contributed by atoms with Gasteiger partial charge in [-0.2, -0.15) is 0 Å². The molecule has 5 heteroatoms. The number of aliphatic hydroxyl groups is 1. The van der Waals surface area contributed by atoms with Crippen LogP contribution in [0.2, 0.25) is 0 Å². The van der Waals surface area contributed by atoms with Crippen LogP contribution in [0.4, 0.5) is 0 Å². The van der Waals surface area contributed by atoms with Gasteiger partial charge in [-0.1, -0.05) is 0 Å². The minimum absolute atomic E-state index is 0.589. The minimum atomic E-state index is -1.92. The summed E-state index contributed by atoms with van der Waals surface area (Å²) >= 11 is -1.92. The molecule has 0 heterocycles. The van der Waals surface area contributed by atoms with E-state index in [4.69, 9.17) is 33.0 Å². The van der Waals surface area contributed by atoms with Crippen LogP contribution in [0.1, 0.15) is 25.7 Å². The quantitative estimate of drug-likeness (QED) is 0.644. The van der Waals surface area contributed by atoms with E-state index in [9.17, 15) is 0 Å². The fraction of sp³-hybridized carbons (Fsp3) is 0.667. The first-order valence-electron chi connectivity index (χ1n) is 3.34. The summed E-state index contributed by atoms with van der Waals surface area (Å²) in [6.45, 7) is 0. The third-order valence-corrected chi connectivity index (χ3v) is 1.27. The first-order chi connectivity index (χ1) is 5.13. The van der Waals surface area contributed by atoms with Gasteiger partial charge in [0.2, 0.25) is 0 Å². The van der Waals surface area contributed by atoms with Gasteiger partial charge in [0.1, 0.15) is 0 Å². The summed E-state index contributed by atoms with van der Waals surface area (Å²) in [5, 5.41) is 8.77. The van der Waals surface area contributed by atoms with Crippen molar-refractivity contribution in [1.29, 1.82) is 0 Å². The molecule has 65 valence electrons. The van der Waals surface area contributed by atoms with E-state index in [-0.39, 0.29) is 0 Å². The molecular formula is C6H10Cl3OTi. The second-order valence-electron chi connectivity index (χ2n) is 2.16. The van der Waals surface area contributed by atoms with Crippen molar-refractivity contribution in [3.8, 4) is 0 Å². The Hall–Kier alpha value is 1.12. The number of allylic oxidation sites excluding steroid dienone is 2. The molecule has 0 spiro atoms. The molecule has 0 saturated carbocycles. The third kappa shape index (κ3) is 11.1. The predicted molar refractivity (Wildman–Crippen MR) is 46.7 cm³/mol.